The van der Waals surface area contributed by atoms with Crippen LogP contribution in [0, 0.1) is 5.92 Å². The molecule has 10 heteroatoms. The minimum atomic E-state index is -1.23. The second-order valence-corrected chi connectivity index (χ2v) is 10.5. The van der Waals surface area contributed by atoms with Gasteiger partial charge in [0.2, 0.25) is 5.28 Å². The van der Waals surface area contributed by atoms with Crippen LogP contribution in [-0.4, -0.2) is 36.5 Å². The van der Waals surface area contributed by atoms with Gasteiger partial charge in [0.15, 0.2) is 5.79 Å². The number of fused-ring (bicyclic) bond motifs is 2. The molecule has 3 aromatic heterocycles. The number of nitrogens with zero attached hydrogens (tertiary/aromatic N) is 4. The van der Waals surface area contributed by atoms with Gasteiger partial charge in [-0.3, -0.25) is 0 Å². The van der Waals surface area contributed by atoms with Crippen molar-refractivity contribution < 1.29 is 9.84 Å². The van der Waals surface area contributed by atoms with Crippen molar-refractivity contribution >= 4 is 56.8 Å². The first-order chi connectivity index (χ1) is 16.6. The van der Waals surface area contributed by atoms with Crippen LogP contribution in [-0.2, 0) is 11.2 Å². The van der Waals surface area contributed by atoms with Gasteiger partial charge in [-0.15, -0.1) is 0 Å². The summed E-state index contributed by atoms with van der Waals surface area (Å²) in [7, 11) is 0. The predicted octanol–water partition coefficient (Wildman–Crippen LogP) is 5.15. The quantitative estimate of drug-likeness (QED) is 0.240. The number of halogens is 2. The second kappa shape index (κ2) is 9.09. The molecule has 1 aliphatic carbocycles. The van der Waals surface area contributed by atoms with Gasteiger partial charge in [-0.1, -0.05) is 23.7 Å². The van der Waals surface area contributed by atoms with Gasteiger partial charge in [0.1, 0.15) is 17.3 Å². The molecule has 0 aliphatic heterocycles. The summed E-state index contributed by atoms with van der Waals surface area (Å²) in [6.45, 7) is 3.33. The molecule has 1 aliphatic rings. The summed E-state index contributed by atoms with van der Waals surface area (Å²) in [5, 5.41) is 12.7. The zero-order valence-electron chi connectivity index (χ0n) is 19.6. The summed E-state index contributed by atoms with van der Waals surface area (Å²) >= 11 is 12.2. The Bertz CT molecular complexity index is 1400. The maximum atomic E-state index is 10.4. The Kier molecular flexibility index (Phi) is 6.25. The number of aliphatic hydroxyl groups is 1. The van der Waals surface area contributed by atoms with Gasteiger partial charge in [0.05, 0.1) is 22.0 Å². The van der Waals surface area contributed by atoms with E-state index in [9.17, 15) is 5.11 Å². The third kappa shape index (κ3) is 5.02. The Morgan fingerprint density at radius 2 is 1.89 bits per heavy atom. The molecule has 0 saturated heterocycles. The first kappa shape index (κ1) is 24.1. The van der Waals surface area contributed by atoms with Crippen LogP contribution in [0.15, 0.2) is 36.5 Å². The number of benzene rings is 1. The van der Waals surface area contributed by atoms with Crippen molar-refractivity contribution in [1.29, 1.82) is 0 Å². The number of nitrogen functional groups attached to an aromatic ring is 2. The highest BCUT2D eigenvalue weighted by molar-refractivity contribution is 6.33. The molecule has 4 aromatic rings. The van der Waals surface area contributed by atoms with Crippen LogP contribution >= 0.6 is 23.2 Å². The molecular weight excluding hydrogens is 487 g/mol. The smallest absolute Gasteiger partial charge is 0.226 e. The Labute approximate surface area is 213 Å². The molecule has 3 heterocycles. The fraction of sp³-hybridized carbons (Fsp3) is 0.400. The van der Waals surface area contributed by atoms with Crippen LogP contribution in [0.1, 0.15) is 44.7 Å². The highest BCUT2D eigenvalue weighted by atomic mass is 35.5. The molecule has 0 bridgehead atoms. The molecule has 0 spiro atoms. The van der Waals surface area contributed by atoms with Gasteiger partial charge in [-0.05, 0) is 80.8 Å². The van der Waals surface area contributed by atoms with Crippen molar-refractivity contribution in [3.63, 3.8) is 0 Å². The lowest BCUT2D eigenvalue weighted by Gasteiger charge is -2.27. The lowest BCUT2D eigenvalue weighted by molar-refractivity contribution is -0.212. The molecule has 1 fully saturated rings. The van der Waals surface area contributed by atoms with Crippen molar-refractivity contribution in [2.75, 3.05) is 11.5 Å². The number of nitrogens with two attached hydrogens (primary N) is 2. The standard InChI is InChI=1S/C25H28Cl2N6O2/c1-25(2,34)35-20-12-16(33-8-7-17-21(28)31-24(27)32-23(17)33)10-15(20)6-4-13-3-5-14-11-18(26)22(29)30-19(14)9-13/h3,5,7-9,11,15-16,20,34H,4,6,10,12H2,1-2H3,(H2,29,30)(H2,28,31,32). The van der Waals surface area contributed by atoms with Crippen LogP contribution in [0.5, 0.6) is 0 Å². The number of rotatable bonds is 6. The van der Waals surface area contributed by atoms with Gasteiger partial charge in [-0.2, -0.15) is 4.98 Å². The minimum absolute atomic E-state index is 0.111. The van der Waals surface area contributed by atoms with E-state index in [4.69, 9.17) is 39.4 Å². The fourth-order valence-electron chi connectivity index (χ4n) is 5.14. The van der Waals surface area contributed by atoms with Crippen molar-refractivity contribution in [2.24, 2.45) is 5.92 Å². The van der Waals surface area contributed by atoms with Crippen molar-refractivity contribution in [1.82, 2.24) is 19.5 Å². The first-order valence-corrected chi connectivity index (χ1v) is 12.4. The van der Waals surface area contributed by atoms with E-state index in [-0.39, 0.29) is 23.3 Å². The van der Waals surface area contributed by atoms with E-state index >= 15 is 0 Å². The molecule has 0 radical (unpaired) electrons. The summed E-state index contributed by atoms with van der Waals surface area (Å²) in [5.74, 6) is -0.296. The number of hydrogen-bond donors (Lipinski definition) is 3. The summed E-state index contributed by atoms with van der Waals surface area (Å²) in [5.41, 5.74) is 14.6. The summed E-state index contributed by atoms with van der Waals surface area (Å²) in [4.78, 5) is 12.9. The zero-order valence-corrected chi connectivity index (χ0v) is 21.1. The van der Waals surface area contributed by atoms with E-state index in [1.54, 1.807) is 13.8 Å². The molecule has 5 N–H and O–H groups in total. The zero-order chi connectivity index (χ0) is 24.9. The Morgan fingerprint density at radius 1 is 1.09 bits per heavy atom. The normalized spacial score (nSPS) is 20.8. The maximum Gasteiger partial charge on any atom is 0.226 e. The molecule has 1 aromatic carbocycles. The van der Waals surface area contributed by atoms with E-state index in [2.05, 4.69) is 31.7 Å². The Hall–Kier alpha value is -2.65. The van der Waals surface area contributed by atoms with Crippen LogP contribution in [0.25, 0.3) is 21.9 Å². The van der Waals surface area contributed by atoms with E-state index in [1.165, 1.54) is 0 Å². The maximum absolute atomic E-state index is 10.4. The van der Waals surface area contributed by atoms with Crippen LogP contribution in [0.4, 0.5) is 11.6 Å². The number of aryl methyl sites for hydroxylation is 1. The molecule has 5 rings (SSSR count). The van der Waals surface area contributed by atoms with Crippen LogP contribution < -0.4 is 11.5 Å². The highest BCUT2D eigenvalue weighted by Crippen LogP contribution is 2.42. The van der Waals surface area contributed by atoms with Crippen molar-refractivity contribution in [3.05, 3.63) is 52.4 Å². The third-order valence-corrected chi connectivity index (χ3v) is 7.15. The van der Waals surface area contributed by atoms with Crippen LogP contribution in [0.2, 0.25) is 10.3 Å². The number of ether oxygens (including phenoxy) is 1. The van der Waals surface area contributed by atoms with E-state index in [0.717, 1.165) is 47.5 Å². The Morgan fingerprint density at radius 3 is 2.66 bits per heavy atom. The average Bonchev–Trinajstić information content (AvgIpc) is 3.36. The molecule has 8 nitrogen and oxygen atoms in total. The van der Waals surface area contributed by atoms with Gasteiger partial charge < -0.3 is 25.9 Å². The number of hydrogen-bond acceptors (Lipinski definition) is 7. The topological polar surface area (TPSA) is 125 Å². The lowest BCUT2D eigenvalue weighted by atomic mass is 9.95. The highest BCUT2D eigenvalue weighted by Gasteiger charge is 2.38. The van der Waals surface area contributed by atoms with Gasteiger partial charge in [0.25, 0.3) is 0 Å². The van der Waals surface area contributed by atoms with Crippen LogP contribution in [0.3, 0.4) is 0 Å². The average molecular weight is 515 g/mol. The SMILES string of the molecule is CC(C)(O)OC1CC(n2ccc3c(N)nc(Cl)nc32)CC1CCc1ccc2cc(Cl)c(N)nc2c1. The predicted molar refractivity (Wildman–Crippen MR) is 139 cm³/mol. The number of pyridine rings is 1. The van der Waals surface area contributed by atoms with Crippen molar-refractivity contribution in [3.8, 4) is 0 Å². The molecular formula is C25H28Cl2N6O2. The number of anilines is 2. The van der Waals surface area contributed by atoms with E-state index in [1.807, 2.05) is 24.4 Å². The summed E-state index contributed by atoms with van der Waals surface area (Å²) in [6, 6.07) is 10.1. The van der Waals surface area contributed by atoms with Crippen molar-refractivity contribution in [2.45, 2.75) is 57.5 Å². The molecule has 35 heavy (non-hydrogen) atoms. The number of aromatic nitrogens is 4. The minimum Gasteiger partial charge on any atom is -0.383 e. The lowest BCUT2D eigenvalue weighted by Crippen LogP contribution is -2.32. The summed E-state index contributed by atoms with van der Waals surface area (Å²) < 4.78 is 8.21. The van der Waals surface area contributed by atoms with Gasteiger partial charge in [-0.25, -0.2) is 9.97 Å². The summed E-state index contributed by atoms with van der Waals surface area (Å²) in [6.07, 6.45) is 5.22. The Balaban J connectivity index is 1.38. The first-order valence-electron chi connectivity index (χ1n) is 11.6. The third-order valence-electron chi connectivity index (χ3n) is 6.68. The second-order valence-electron chi connectivity index (χ2n) is 9.75. The van der Waals surface area contributed by atoms with Gasteiger partial charge >= 0.3 is 0 Å². The van der Waals surface area contributed by atoms with E-state index in [0.29, 0.717) is 22.3 Å². The molecule has 0 amide bonds. The molecule has 184 valence electrons. The fourth-order valence-corrected chi connectivity index (χ4v) is 5.47. The largest absolute Gasteiger partial charge is 0.383 e. The molecule has 3 atom stereocenters. The van der Waals surface area contributed by atoms with Gasteiger partial charge in [0, 0.05) is 17.6 Å². The molecule has 1 saturated carbocycles. The van der Waals surface area contributed by atoms with E-state index < -0.39 is 5.79 Å². The monoisotopic (exact) mass is 514 g/mol. The molecule has 3 unspecified atom stereocenters.